The van der Waals surface area contributed by atoms with Gasteiger partial charge < -0.3 is 14.8 Å². The second kappa shape index (κ2) is 7.77. The minimum Gasteiger partial charge on any atom is -0.381 e. The fraction of sp³-hybridized carbons (Fsp3) is 0.318. The Kier molecular flexibility index (Phi) is 4.83. The lowest BCUT2D eigenvalue weighted by Gasteiger charge is -2.26. The van der Waals surface area contributed by atoms with Gasteiger partial charge in [-0.2, -0.15) is 5.10 Å². The van der Waals surface area contributed by atoms with Gasteiger partial charge in [-0.05, 0) is 30.7 Å². The fourth-order valence-corrected chi connectivity index (χ4v) is 4.04. The van der Waals surface area contributed by atoms with Gasteiger partial charge in [0.25, 0.3) is 5.91 Å². The number of aromatic nitrogens is 3. The zero-order valence-electron chi connectivity index (χ0n) is 15.9. The number of carbonyl (C=O) groups is 1. The quantitative estimate of drug-likeness (QED) is 0.714. The van der Waals surface area contributed by atoms with Crippen molar-refractivity contribution in [1.82, 2.24) is 15.2 Å². The molecule has 1 aromatic heterocycles. The van der Waals surface area contributed by atoms with Crippen LogP contribution in [0.1, 0.15) is 6.42 Å². The molecular weight excluding hydrogens is 368 g/mol. The van der Waals surface area contributed by atoms with Crippen molar-refractivity contribution in [3.63, 3.8) is 0 Å². The zero-order chi connectivity index (χ0) is 19.6. The summed E-state index contributed by atoms with van der Waals surface area (Å²) in [4.78, 5) is 17.2. The summed E-state index contributed by atoms with van der Waals surface area (Å²) < 4.78 is 11.2. The molecule has 0 radical (unpaired) electrons. The summed E-state index contributed by atoms with van der Waals surface area (Å²) in [7, 11) is 0. The maximum Gasteiger partial charge on any atom is 0.253 e. The molecule has 1 amide bonds. The first-order valence-corrected chi connectivity index (χ1v) is 9.86. The van der Waals surface area contributed by atoms with E-state index < -0.39 is 6.10 Å². The van der Waals surface area contributed by atoms with Crippen molar-refractivity contribution in [2.24, 2.45) is 11.8 Å². The number of ether oxygens (including phenoxy) is 2. The molecule has 7 nitrogen and oxygen atoms in total. The molecule has 3 atom stereocenters. The Morgan fingerprint density at radius 1 is 1.03 bits per heavy atom. The van der Waals surface area contributed by atoms with Gasteiger partial charge in [0.15, 0.2) is 11.6 Å². The van der Waals surface area contributed by atoms with Gasteiger partial charge >= 0.3 is 0 Å². The molecule has 2 aliphatic heterocycles. The minimum absolute atomic E-state index is 0.0850. The van der Waals surface area contributed by atoms with Crippen molar-refractivity contribution < 1.29 is 14.3 Å². The number of nitrogens with one attached hydrogen (secondary N) is 2. The highest BCUT2D eigenvalue weighted by Crippen LogP contribution is 2.34. The predicted octanol–water partition coefficient (Wildman–Crippen LogP) is 3.13. The monoisotopic (exact) mass is 390 g/mol. The normalized spacial score (nSPS) is 23.5. The van der Waals surface area contributed by atoms with E-state index in [2.05, 4.69) is 20.5 Å². The van der Waals surface area contributed by atoms with E-state index in [1.165, 1.54) is 0 Å². The molecule has 2 fully saturated rings. The van der Waals surface area contributed by atoms with Gasteiger partial charge in [0.1, 0.15) is 6.10 Å². The van der Waals surface area contributed by atoms with Gasteiger partial charge in [0.05, 0.1) is 13.2 Å². The average molecular weight is 390 g/mol. The van der Waals surface area contributed by atoms with Crippen molar-refractivity contribution >= 4 is 11.6 Å². The number of carbonyl (C=O) groups excluding carboxylic acids is 1. The number of anilines is 1. The molecule has 2 saturated heterocycles. The number of H-pyrrole nitrogens is 1. The van der Waals surface area contributed by atoms with E-state index in [4.69, 9.17) is 9.47 Å². The summed E-state index contributed by atoms with van der Waals surface area (Å²) in [5, 5.41) is 10.2. The number of benzene rings is 2. The fourth-order valence-electron chi connectivity index (χ4n) is 4.04. The molecule has 2 N–H and O–H groups in total. The molecule has 0 aliphatic carbocycles. The van der Waals surface area contributed by atoms with E-state index >= 15 is 0 Å². The number of aromatic amines is 1. The summed E-state index contributed by atoms with van der Waals surface area (Å²) in [5.41, 5.74) is 2.60. The maximum atomic E-state index is 12.7. The van der Waals surface area contributed by atoms with E-state index in [-0.39, 0.29) is 11.8 Å². The van der Waals surface area contributed by atoms with E-state index in [1.54, 1.807) is 0 Å². The Morgan fingerprint density at radius 3 is 2.69 bits per heavy atom. The highest BCUT2D eigenvalue weighted by atomic mass is 16.5. The van der Waals surface area contributed by atoms with Crippen LogP contribution in [0.25, 0.3) is 22.8 Å². The number of hydrogen-bond donors (Lipinski definition) is 2. The van der Waals surface area contributed by atoms with Gasteiger partial charge in [0.2, 0.25) is 0 Å². The Hall–Kier alpha value is -3.03. The summed E-state index contributed by atoms with van der Waals surface area (Å²) in [5.74, 6) is 1.83. The molecule has 2 aliphatic rings. The van der Waals surface area contributed by atoms with E-state index in [9.17, 15) is 4.79 Å². The summed E-state index contributed by atoms with van der Waals surface area (Å²) in [6.45, 7) is 1.98. The Labute approximate surface area is 168 Å². The van der Waals surface area contributed by atoms with Gasteiger partial charge in [-0.3, -0.25) is 9.89 Å². The first-order valence-electron chi connectivity index (χ1n) is 9.86. The molecule has 148 valence electrons. The molecule has 3 unspecified atom stereocenters. The molecule has 29 heavy (non-hydrogen) atoms. The van der Waals surface area contributed by atoms with Crippen LogP contribution in [0, 0.1) is 11.8 Å². The van der Waals surface area contributed by atoms with Gasteiger partial charge in [-0.25, -0.2) is 4.98 Å². The molecule has 0 spiro atoms. The third kappa shape index (κ3) is 3.66. The molecule has 5 rings (SSSR count). The number of hydrogen-bond acceptors (Lipinski definition) is 5. The van der Waals surface area contributed by atoms with Crippen molar-refractivity contribution in [1.29, 1.82) is 0 Å². The molecular formula is C22H22N4O3. The standard InChI is InChI=1S/C22H22N4O3/c27-22(19-18-10-11-28-12-16(18)13-29-19)23-17-8-6-15(7-9-17)21-24-20(25-26-21)14-4-2-1-3-5-14/h1-9,16,18-19H,10-13H2,(H,23,27)(H,24,25,26). The van der Waals surface area contributed by atoms with Crippen LogP contribution in [0.3, 0.4) is 0 Å². The van der Waals surface area contributed by atoms with Crippen molar-refractivity contribution in [2.45, 2.75) is 12.5 Å². The van der Waals surface area contributed by atoms with Crippen molar-refractivity contribution in [3.8, 4) is 22.8 Å². The number of nitrogens with zero attached hydrogens (tertiary/aromatic N) is 2. The molecule has 0 saturated carbocycles. The highest BCUT2D eigenvalue weighted by molar-refractivity contribution is 5.94. The summed E-state index contributed by atoms with van der Waals surface area (Å²) >= 11 is 0. The molecule has 2 aromatic carbocycles. The lowest BCUT2D eigenvalue weighted by molar-refractivity contribution is -0.126. The zero-order valence-corrected chi connectivity index (χ0v) is 15.9. The SMILES string of the molecule is O=C(Nc1ccc(-c2nc(-c3ccccc3)n[nH]2)cc1)C1OCC2COCCC21. The number of fused-ring (bicyclic) bond motifs is 1. The Bertz CT molecular complexity index is 987. The van der Waals surface area contributed by atoms with E-state index in [0.29, 0.717) is 37.4 Å². The molecule has 3 aromatic rings. The highest BCUT2D eigenvalue weighted by Gasteiger charge is 2.42. The second-order valence-electron chi connectivity index (χ2n) is 7.48. The topological polar surface area (TPSA) is 89.1 Å². The third-order valence-corrected chi connectivity index (χ3v) is 5.61. The minimum atomic E-state index is -0.397. The van der Waals surface area contributed by atoms with Crippen molar-refractivity contribution in [2.75, 3.05) is 25.1 Å². The number of amides is 1. The largest absolute Gasteiger partial charge is 0.381 e. The van der Waals surface area contributed by atoms with Crippen LogP contribution in [-0.2, 0) is 14.3 Å². The summed E-state index contributed by atoms with van der Waals surface area (Å²) in [6.07, 6.45) is 0.475. The van der Waals surface area contributed by atoms with Gasteiger partial charge in [-0.15, -0.1) is 0 Å². The second-order valence-corrected chi connectivity index (χ2v) is 7.48. The van der Waals surface area contributed by atoms with E-state index in [1.807, 2.05) is 54.6 Å². The maximum absolute atomic E-state index is 12.7. The Morgan fingerprint density at radius 2 is 1.86 bits per heavy atom. The van der Waals surface area contributed by atoms with Crippen LogP contribution in [0.2, 0.25) is 0 Å². The van der Waals surface area contributed by atoms with Crippen LogP contribution < -0.4 is 5.32 Å². The third-order valence-electron chi connectivity index (χ3n) is 5.61. The molecule has 0 bridgehead atoms. The summed E-state index contributed by atoms with van der Waals surface area (Å²) in [6, 6.07) is 17.4. The Balaban J connectivity index is 1.26. The predicted molar refractivity (Wildman–Crippen MR) is 108 cm³/mol. The van der Waals surface area contributed by atoms with E-state index in [0.717, 1.165) is 23.2 Å². The molecule has 3 heterocycles. The first kappa shape index (κ1) is 18.0. The lowest BCUT2D eigenvalue weighted by Crippen LogP contribution is -2.37. The number of rotatable bonds is 4. The van der Waals surface area contributed by atoms with Crippen LogP contribution in [0.5, 0.6) is 0 Å². The van der Waals surface area contributed by atoms with Crippen LogP contribution in [0.15, 0.2) is 54.6 Å². The lowest BCUT2D eigenvalue weighted by atomic mass is 9.86. The van der Waals surface area contributed by atoms with Crippen LogP contribution in [0.4, 0.5) is 5.69 Å². The van der Waals surface area contributed by atoms with Crippen molar-refractivity contribution in [3.05, 3.63) is 54.6 Å². The first-order chi connectivity index (χ1) is 14.3. The smallest absolute Gasteiger partial charge is 0.253 e. The van der Waals surface area contributed by atoms with Gasteiger partial charge in [0, 0.05) is 35.3 Å². The molecule has 7 heteroatoms. The average Bonchev–Trinajstić information content (AvgIpc) is 3.43. The van der Waals surface area contributed by atoms with Crippen LogP contribution in [-0.4, -0.2) is 47.0 Å². The van der Waals surface area contributed by atoms with Crippen LogP contribution >= 0.6 is 0 Å². The van der Waals surface area contributed by atoms with Gasteiger partial charge in [-0.1, -0.05) is 30.3 Å².